The third-order valence-corrected chi connectivity index (χ3v) is 6.29. The van der Waals surface area contributed by atoms with Crippen LogP contribution in [0.5, 0.6) is 5.75 Å². The molecule has 3 rings (SSSR count). The Morgan fingerprint density at radius 1 is 1.11 bits per heavy atom. The van der Waals surface area contributed by atoms with Crippen LogP contribution >= 0.6 is 11.5 Å². The molecular weight excluding hydrogens is 485 g/mol. The predicted octanol–water partition coefficient (Wildman–Crippen LogP) is 3.52. The van der Waals surface area contributed by atoms with Crippen LogP contribution in [0.4, 0.5) is 15.8 Å². The molecule has 3 amide bonds. The SMILES string of the molecule is COc1ccc(N(C(=O)c2snc(C(N)=O)c2N)[C@H](C(=O)NCCC(C)C)c2ccc(F)cc2)cc1. The quantitative estimate of drug-likeness (QED) is 0.379. The fourth-order valence-electron chi connectivity index (χ4n) is 3.51. The van der Waals surface area contributed by atoms with Gasteiger partial charge in [0.05, 0.1) is 12.8 Å². The van der Waals surface area contributed by atoms with E-state index in [-0.39, 0.29) is 16.3 Å². The highest BCUT2D eigenvalue weighted by atomic mass is 32.1. The Kier molecular flexibility index (Phi) is 8.59. The molecule has 5 N–H and O–H groups in total. The Labute approximate surface area is 212 Å². The summed E-state index contributed by atoms with van der Waals surface area (Å²) in [7, 11) is 1.50. The van der Waals surface area contributed by atoms with Gasteiger partial charge >= 0.3 is 0 Å². The van der Waals surface area contributed by atoms with Gasteiger partial charge in [0.15, 0.2) is 5.69 Å². The summed E-state index contributed by atoms with van der Waals surface area (Å²) in [5, 5.41) is 2.88. The first-order valence-corrected chi connectivity index (χ1v) is 12.0. The topological polar surface area (TPSA) is 141 Å². The maximum Gasteiger partial charge on any atom is 0.273 e. The van der Waals surface area contributed by atoms with Gasteiger partial charge < -0.3 is 21.5 Å². The molecule has 0 bridgehead atoms. The summed E-state index contributed by atoms with van der Waals surface area (Å²) in [6.07, 6.45) is 0.724. The molecule has 0 radical (unpaired) electrons. The standard InChI is InChI=1S/C25H28FN5O4S/c1-14(2)12-13-29-24(33)21(15-4-6-16(26)7-5-15)31(17-8-10-18(35-3)11-9-17)25(34)22-19(27)20(23(28)32)30-36-22/h4-11,14,21H,12-13,27H2,1-3H3,(H2,28,32)(H,29,33)/t21-/m0/s1. The molecule has 11 heteroatoms. The molecule has 0 aliphatic heterocycles. The lowest BCUT2D eigenvalue weighted by atomic mass is 10.0. The maximum absolute atomic E-state index is 13.9. The van der Waals surface area contributed by atoms with Gasteiger partial charge in [-0.2, -0.15) is 4.37 Å². The summed E-state index contributed by atoms with van der Waals surface area (Å²) in [5.41, 5.74) is 11.7. The van der Waals surface area contributed by atoms with E-state index >= 15 is 0 Å². The molecule has 0 spiro atoms. The van der Waals surface area contributed by atoms with Crippen molar-refractivity contribution < 1.29 is 23.5 Å². The van der Waals surface area contributed by atoms with Gasteiger partial charge in [0, 0.05) is 12.2 Å². The molecule has 9 nitrogen and oxygen atoms in total. The summed E-state index contributed by atoms with van der Waals surface area (Å²) in [5.74, 6) is -1.61. The highest BCUT2D eigenvalue weighted by Gasteiger charge is 2.36. The van der Waals surface area contributed by atoms with Crippen molar-refractivity contribution in [2.75, 3.05) is 24.3 Å². The molecule has 0 fully saturated rings. The number of rotatable bonds is 10. The Morgan fingerprint density at radius 3 is 2.28 bits per heavy atom. The molecule has 190 valence electrons. The van der Waals surface area contributed by atoms with E-state index in [2.05, 4.69) is 9.69 Å². The van der Waals surface area contributed by atoms with Crippen molar-refractivity contribution in [2.45, 2.75) is 26.3 Å². The Morgan fingerprint density at radius 2 is 1.75 bits per heavy atom. The monoisotopic (exact) mass is 513 g/mol. The smallest absolute Gasteiger partial charge is 0.273 e. The zero-order chi connectivity index (χ0) is 26.4. The number of anilines is 2. The van der Waals surface area contributed by atoms with Crippen LogP contribution in [-0.4, -0.2) is 35.7 Å². The fraction of sp³-hybridized carbons (Fsp3) is 0.280. The van der Waals surface area contributed by atoms with E-state index in [4.69, 9.17) is 16.2 Å². The van der Waals surface area contributed by atoms with Gasteiger partial charge in [-0.25, -0.2) is 4.39 Å². The number of nitrogen functional groups attached to an aromatic ring is 1. The number of benzene rings is 2. The second-order valence-corrected chi connectivity index (χ2v) is 9.21. The van der Waals surface area contributed by atoms with Crippen molar-refractivity contribution in [1.82, 2.24) is 9.69 Å². The van der Waals surface area contributed by atoms with E-state index in [0.29, 0.717) is 41.0 Å². The number of nitrogens with one attached hydrogen (secondary N) is 1. The van der Waals surface area contributed by atoms with Crippen LogP contribution in [-0.2, 0) is 4.79 Å². The number of hydrogen-bond acceptors (Lipinski definition) is 7. The van der Waals surface area contributed by atoms with Crippen molar-refractivity contribution in [3.63, 3.8) is 0 Å². The van der Waals surface area contributed by atoms with Crippen LogP contribution in [0.3, 0.4) is 0 Å². The van der Waals surface area contributed by atoms with Gasteiger partial charge in [0.1, 0.15) is 22.5 Å². The first-order valence-electron chi connectivity index (χ1n) is 11.2. The molecule has 0 aliphatic carbocycles. The fourth-order valence-corrected chi connectivity index (χ4v) is 4.25. The molecule has 1 heterocycles. The highest BCUT2D eigenvalue weighted by molar-refractivity contribution is 7.09. The number of ether oxygens (including phenoxy) is 1. The minimum absolute atomic E-state index is 0.0540. The Bertz CT molecular complexity index is 1230. The number of nitrogens with two attached hydrogens (primary N) is 2. The van der Waals surface area contributed by atoms with Gasteiger partial charge in [0.2, 0.25) is 5.91 Å². The number of amides is 3. The lowest BCUT2D eigenvalue weighted by molar-refractivity contribution is -0.122. The van der Waals surface area contributed by atoms with Gasteiger partial charge in [-0.3, -0.25) is 19.3 Å². The molecule has 2 aromatic carbocycles. The molecule has 1 atom stereocenters. The third kappa shape index (κ3) is 5.98. The van der Waals surface area contributed by atoms with E-state index in [1.54, 1.807) is 24.3 Å². The number of methoxy groups -OCH3 is 1. The largest absolute Gasteiger partial charge is 0.497 e. The number of carbonyl (C=O) groups excluding carboxylic acids is 3. The van der Waals surface area contributed by atoms with Gasteiger partial charge in [-0.1, -0.05) is 26.0 Å². The van der Waals surface area contributed by atoms with Crippen LogP contribution in [0, 0.1) is 11.7 Å². The van der Waals surface area contributed by atoms with Crippen LogP contribution in [0.15, 0.2) is 48.5 Å². The number of carbonyl (C=O) groups is 3. The maximum atomic E-state index is 13.9. The number of halogens is 1. The summed E-state index contributed by atoms with van der Waals surface area (Å²) >= 11 is 0.708. The van der Waals surface area contributed by atoms with Crippen LogP contribution < -0.4 is 26.4 Å². The first-order chi connectivity index (χ1) is 17.1. The van der Waals surface area contributed by atoms with E-state index in [1.807, 2.05) is 13.8 Å². The van der Waals surface area contributed by atoms with Crippen molar-refractivity contribution >= 4 is 40.6 Å². The average Bonchev–Trinajstić information content (AvgIpc) is 3.24. The molecule has 1 aromatic heterocycles. The van der Waals surface area contributed by atoms with E-state index in [0.717, 1.165) is 6.42 Å². The Balaban J connectivity index is 2.15. The molecule has 0 unspecified atom stereocenters. The van der Waals surface area contributed by atoms with E-state index < -0.39 is 29.6 Å². The van der Waals surface area contributed by atoms with Crippen LogP contribution in [0.2, 0.25) is 0 Å². The van der Waals surface area contributed by atoms with Gasteiger partial charge in [-0.15, -0.1) is 0 Å². The predicted molar refractivity (Wildman–Crippen MR) is 136 cm³/mol. The average molecular weight is 514 g/mol. The minimum atomic E-state index is -1.18. The molecular formula is C25H28FN5O4S. The highest BCUT2D eigenvalue weighted by Crippen LogP contribution is 2.34. The first kappa shape index (κ1) is 26.6. The zero-order valence-electron chi connectivity index (χ0n) is 20.2. The summed E-state index contributed by atoms with van der Waals surface area (Å²) in [6.45, 7) is 4.44. The normalized spacial score (nSPS) is 11.7. The molecule has 36 heavy (non-hydrogen) atoms. The van der Waals surface area contributed by atoms with Gasteiger partial charge in [-0.05, 0) is 65.8 Å². The minimum Gasteiger partial charge on any atom is -0.497 e. The van der Waals surface area contributed by atoms with E-state index in [9.17, 15) is 18.8 Å². The lowest BCUT2D eigenvalue weighted by Gasteiger charge is -2.31. The van der Waals surface area contributed by atoms with Gasteiger partial charge in [0.25, 0.3) is 11.8 Å². The summed E-state index contributed by atoms with van der Waals surface area (Å²) in [4.78, 5) is 40.3. The third-order valence-electron chi connectivity index (χ3n) is 5.44. The van der Waals surface area contributed by atoms with Crippen LogP contribution in [0.1, 0.15) is 52.0 Å². The second-order valence-electron chi connectivity index (χ2n) is 8.44. The van der Waals surface area contributed by atoms with Crippen molar-refractivity contribution in [3.8, 4) is 5.75 Å². The van der Waals surface area contributed by atoms with Crippen molar-refractivity contribution in [2.24, 2.45) is 11.7 Å². The number of primary amides is 1. The number of aromatic nitrogens is 1. The zero-order valence-corrected chi connectivity index (χ0v) is 21.0. The Hall–Kier alpha value is -3.99. The van der Waals surface area contributed by atoms with Crippen molar-refractivity contribution in [3.05, 3.63) is 70.5 Å². The molecule has 3 aromatic rings. The number of nitrogens with zero attached hydrogens (tertiary/aromatic N) is 2. The van der Waals surface area contributed by atoms with E-state index in [1.165, 1.54) is 36.3 Å². The molecule has 0 saturated heterocycles. The van der Waals surface area contributed by atoms with Crippen molar-refractivity contribution in [1.29, 1.82) is 0 Å². The summed E-state index contributed by atoms with van der Waals surface area (Å²) < 4.78 is 22.9. The number of hydrogen-bond donors (Lipinski definition) is 3. The lowest BCUT2D eigenvalue weighted by Crippen LogP contribution is -2.44. The molecule has 0 aliphatic rings. The van der Waals surface area contributed by atoms with Crippen LogP contribution in [0.25, 0.3) is 0 Å². The molecule has 0 saturated carbocycles. The second kappa shape index (κ2) is 11.6. The summed E-state index contributed by atoms with van der Waals surface area (Å²) in [6, 6.07) is 10.6.